The first-order chi connectivity index (χ1) is 9.72. The van der Waals surface area contributed by atoms with E-state index in [2.05, 4.69) is 47.6 Å². The van der Waals surface area contributed by atoms with Crippen LogP contribution in [0.5, 0.6) is 0 Å². The molecule has 2 aromatic rings. The second-order valence-corrected chi connectivity index (χ2v) is 5.66. The second-order valence-electron chi connectivity index (χ2n) is 5.66. The molecule has 1 atom stereocenters. The summed E-state index contributed by atoms with van der Waals surface area (Å²) in [5, 5.41) is 3.57. The zero-order chi connectivity index (χ0) is 13.9. The predicted octanol–water partition coefficient (Wildman–Crippen LogP) is 3.45. The van der Waals surface area contributed by atoms with Gasteiger partial charge in [0.1, 0.15) is 11.5 Å². The van der Waals surface area contributed by atoms with Crippen molar-refractivity contribution in [3.63, 3.8) is 0 Å². The number of rotatable bonds is 3. The van der Waals surface area contributed by atoms with Crippen LogP contribution in [0, 0.1) is 6.92 Å². The fourth-order valence-corrected chi connectivity index (χ4v) is 2.88. The van der Waals surface area contributed by atoms with Crippen molar-refractivity contribution < 1.29 is 4.42 Å². The molecule has 106 valence electrons. The first kappa shape index (κ1) is 13.3. The lowest BCUT2D eigenvalue weighted by atomic mass is 10.1. The number of anilines is 1. The van der Waals surface area contributed by atoms with Crippen LogP contribution < -0.4 is 5.32 Å². The van der Waals surface area contributed by atoms with E-state index >= 15 is 0 Å². The van der Waals surface area contributed by atoms with Gasteiger partial charge in [0.2, 0.25) is 0 Å². The maximum atomic E-state index is 5.68. The number of hydrogen-bond donors (Lipinski definition) is 1. The number of benzene rings is 1. The lowest BCUT2D eigenvalue weighted by Gasteiger charge is -2.26. The maximum absolute atomic E-state index is 5.68. The van der Waals surface area contributed by atoms with Gasteiger partial charge in [-0.25, -0.2) is 0 Å². The molecule has 1 aliphatic rings. The number of nitrogens with zero attached hydrogens (tertiary/aromatic N) is 1. The van der Waals surface area contributed by atoms with E-state index in [1.807, 2.05) is 13.0 Å². The zero-order valence-electron chi connectivity index (χ0n) is 12.2. The third-order valence-corrected chi connectivity index (χ3v) is 4.12. The standard InChI is InChI=1S/C17H22N2O/c1-13-7-10-16(20-13)12-19(2)15-9-8-14-5-3-4-6-17(14)18-11-15/h3-7,10,15,18H,8-9,11-12H2,1-2H3. The van der Waals surface area contributed by atoms with Crippen LogP contribution in [0.25, 0.3) is 0 Å². The normalized spacial score (nSPS) is 18.4. The minimum atomic E-state index is 0.535. The van der Waals surface area contributed by atoms with E-state index < -0.39 is 0 Å². The van der Waals surface area contributed by atoms with E-state index in [4.69, 9.17) is 4.42 Å². The summed E-state index contributed by atoms with van der Waals surface area (Å²) in [7, 11) is 2.18. The predicted molar refractivity (Wildman–Crippen MR) is 82.0 cm³/mol. The SMILES string of the molecule is Cc1ccc(CN(C)C2CCc3ccccc3NC2)o1. The van der Waals surface area contributed by atoms with Crippen LogP contribution in [-0.2, 0) is 13.0 Å². The van der Waals surface area contributed by atoms with Gasteiger partial charge in [0, 0.05) is 18.3 Å². The number of hydrogen-bond acceptors (Lipinski definition) is 3. The minimum absolute atomic E-state index is 0.535. The number of nitrogens with one attached hydrogen (secondary N) is 1. The van der Waals surface area contributed by atoms with E-state index in [1.165, 1.54) is 17.7 Å². The molecule has 3 rings (SSSR count). The van der Waals surface area contributed by atoms with Gasteiger partial charge in [0.15, 0.2) is 0 Å². The fraction of sp³-hybridized carbons (Fsp3) is 0.412. The zero-order valence-corrected chi connectivity index (χ0v) is 12.2. The molecular weight excluding hydrogens is 248 g/mol. The van der Waals surface area contributed by atoms with Crippen LogP contribution in [0.2, 0.25) is 0 Å². The quantitative estimate of drug-likeness (QED) is 0.926. The topological polar surface area (TPSA) is 28.4 Å². The number of para-hydroxylation sites is 1. The van der Waals surface area contributed by atoms with Crippen molar-refractivity contribution in [2.75, 3.05) is 18.9 Å². The Morgan fingerprint density at radius 1 is 1.25 bits per heavy atom. The highest BCUT2D eigenvalue weighted by atomic mass is 16.3. The Morgan fingerprint density at radius 2 is 2.10 bits per heavy atom. The number of furan rings is 1. The highest BCUT2D eigenvalue weighted by molar-refractivity contribution is 5.52. The Hall–Kier alpha value is -1.74. The smallest absolute Gasteiger partial charge is 0.118 e. The monoisotopic (exact) mass is 270 g/mol. The lowest BCUT2D eigenvalue weighted by molar-refractivity contribution is 0.215. The second kappa shape index (κ2) is 5.71. The molecule has 3 heteroatoms. The van der Waals surface area contributed by atoms with Crippen LogP contribution in [0.4, 0.5) is 5.69 Å². The average molecular weight is 270 g/mol. The maximum Gasteiger partial charge on any atom is 0.118 e. The van der Waals surface area contributed by atoms with Crippen molar-refractivity contribution in [3.05, 3.63) is 53.5 Å². The molecule has 0 bridgehead atoms. The first-order valence-electron chi connectivity index (χ1n) is 7.30. The summed E-state index contributed by atoms with van der Waals surface area (Å²) in [5.41, 5.74) is 2.72. The Bertz CT molecular complexity index is 549. The molecule has 1 aromatic heterocycles. The van der Waals surface area contributed by atoms with Crippen molar-refractivity contribution in [1.82, 2.24) is 4.90 Å². The molecule has 1 N–H and O–H groups in total. The molecule has 0 spiro atoms. The highest BCUT2D eigenvalue weighted by Crippen LogP contribution is 2.23. The molecule has 1 aromatic carbocycles. The summed E-state index contributed by atoms with van der Waals surface area (Å²) in [6.07, 6.45) is 2.32. The molecule has 0 radical (unpaired) electrons. The fourth-order valence-electron chi connectivity index (χ4n) is 2.88. The van der Waals surface area contributed by atoms with Crippen molar-refractivity contribution in [2.24, 2.45) is 0 Å². The third kappa shape index (κ3) is 2.88. The van der Waals surface area contributed by atoms with Crippen LogP contribution in [0.1, 0.15) is 23.5 Å². The minimum Gasteiger partial charge on any atom is -0.465 e. The molecule has 0 saturated heterocycles. The largest absolute Gasteiger partial charge is 0.465 e. The molecule has 1 unspecified atom stereocenters. The van der Waals surface area contributed by atoms with Gasteiger partial charge in [-0.2, -0.15) is 0 Å². The summed E-state index contributed by atoms with van der Waals surface area (Å²) < 4.78 is 5.68. The van der Waals surface area contributed by atoms with E-state index in [0.717, 1.165) is 31.0 Å². The van der Waals surface area contributed by atoms with Gasteiger partial charge in [0.25, 0.3) is 0 Å². The lowest BCUT2D eigenvalue weighted by Crippen LogP contribution is -2.36. The van der Waals surface area contributed by atoms with E-state index in [0.29, 0.717) is 6.04 Å². The summed E-state index contributed by atoms with van der Waals surface area (Å²) >= 11 is 0. The highest BCUT2D eigenvalue weighted by Gasteiger charge is 2.19. The first-order valence-corrected chi connectivity index (χ1v) is 7.30. The van der Waals surface area contributed by atoms with E-state index in [1.54, 1.807) is 0 Å². The third-order valence-electron chi connectivity index (χ3n) is 4.12. The van der Waals surface area contributed by atoms with Crippen LogP contribution >= 0.6 is 0 Å². The van der Waals surface area contributed by atoms with Crippen LogP contribution in [-0.4, -0.2) is 24.5 Å². The number of fused-ring (bicyclic) bond motifs is 1. The van der Waals surface area contributed by atoms with Gasteiger partial charge in [-0.1, -0.05) is 18.2 Å². The summed E-state index contributed by atoms with van der Waals surface area (Å²) in [6, 6.07) is 13.3. The van der Waals surface area contributed by atoms with Crippen molar-refractivity contribution >= 4 is 5.69 Å². The van der Waals surface area contributed by atoms with Crippen LogP contribution in [0.3, 0.4) is 0 Å². The van der Waals surface area contributed by atoms with Crippen molar-refractivity contribution in [2.45, 2.75) is 32.4 Å². The summed E-state index contributed by atoms with van der Waals surface area (Å²) in [4.78, 5) is 2.39. The van der Waals surface area contributed by atoms with Gasteiger partial charge >= 0.3 is 0 Å². The molecular formula is C17H22N2O. The van der Waals surface area contributed by atoms with Crippen molar-refractivity contribution in [3.8, 4) is 0 Å². The van der Waals surface area contributed by atoms with E-state index in [-0.39, 0.29) is 0 Å². The summed E-state index contributed by atoms with van der Waals surface area (Å²) in [6.45, 7) is 3.86. The molecule has 1 aliphatic heterocycles. The van der Waals surface area contributed by atoms with Crippen LogP contribution in [0.15, 0.2) is 40.8 Å². The van der Waals surface area contributed by atoms with Gasteiger partial charge in [-0.3, -0.25) is 4.90 Å². The molecule has 0 aliphatic carbocycles. The molecule has 0 amide bonds. The Morgan fingerprint density at radius 3 is 2.90 bits per heavy atom. The molecule has 20 heavy (non-hydrogen) atoms. The Balaban J connectivity index is 1.64. The summed E-state index contributed by atoms with van der Waals surface area (Å²) in [5.74, 6) is 2.03. The number of aryl methyl sites for hydroxylation is 2. The van der Waals surface area contributed by atoms with Gasteiger partial charge in [0.05, 0.1) is 6.54 Å². The molecule has 0 saturated carbocycles. The Kier molecular flexibility index (Phi) is 3.79. The molecule has 0 fully saturated rings. The average Bonchev–Trinajstić information content (AvgIpc) is 2.74. The molecule has 2 heterocycles. The van der Waals surface area contributed by atoms with Crippen molar-refractivity contribution in [1.29, 1.82) is 0 Å². The molecule has 3 nitrogen and oxygen atoms in total. The van der Waals surface area contributed by atoms with Gasteiger partial charge in [-0.15, -0.1) is 0 Å². The van der Waals surface area contributed by atoms with Gasteiger partial charge < -0.3 is 9.73 Å². The van der Waals surface area contributed by atoms with E-state index in [9.17, 15) is 0 Å². The number of likely N-dealkylation sites (N-methyl/N-ethyl adjacent to an activating group) is 1. The Labute approximate surface area is 120 Å². The van der Waals surface area contributed by atoms with Gasteiger partial charge in [-0.05, 0) is 50.6 Å².